The fourth-order valence-corrected chi connectivity index (χ4v) is 3.04. The van der Waals surface area contributed by atoms with Gasteiger partial charge in [-0.3, -0.25) is 0 Å². The van der Waals surface area contributed by atoms with Gasteiger partial charge in [-0.25, -0.2) is 4.79 Å². The maximum Gasteiger partial charge on any atom is 0.410 e. The fraction of sp³-hybridized carbons (Fsp3) is 0.316. The SMILES string of the molecule is Cc1ccccc1C1CCN(C(=O)OCc2ccccc2)C1. The van der Waals surface area contributed by atoms with E-state index in [0.29, 0.717) is 12.5 Å². The standard InChI is InChI=1S/C19H21NO2/c1-15-7-5-6-10-18(15)17-11-12-20(13-17)19(21)22-14-16-8-3-2-4-9-16/h2-10,17H,11-14H2,1H3. The van der Waals surface area contributed by atoms with Crippen LogP contribution in [0.4, 0.5) is 4.79 Å². The summed E-state index contributed by atoms with van der Waals surface area (Å²) < 4.78 is 5.41. The fourth-order valence-electron chi connectivity index (χ4n) is 3.04. The molecule has 0 N–H and O–H groups in total. The van der Waals surface area contributed by atoms with Crippen LogP contribution in [0, 0.1) is 6.92 Å². The van der Waals surface area contributed by atoms with Gasteiger partial charge < -0.3 is 9.64 Å². The summed E-state index contributed by atoms with van der Waals surface area (Å²) in [6, 6.07) is 18.2. The van der Waals surface area contributed by atoms with Crippen LogP contribution in [0.25, 0.3) is 0 Å². The number of ether oxygens (including phenoxy) is 1. The first-order chi connectivity index (χ1) is 10.7. The van der Waals surface area contributed by atoms with Gasteiger partial charge in [0.1, 0.15) is 6.61 Å². The Kier molecular flexibility index (Phi) is 4.42. The number of likely N-dealkylation sites (tertiary alicyclic amines) is 1. The molecule has 1 heterocycles. The van der Waals surface area contributed by atoms with Crippen LogP contribution in [0.15, 0.2) is 54.6 Å². The minimum absolute atomic E-state index is 0.208. The molecule has 0 spiro atoms. The summed E-state index contributed by atoms with van der Waals surface area (Å²) in [7, 11) is 0. The largest absolute Gasteiger partial charge is 0.445 e. The van der Waals surface area contributed by atoms with E-state index in [1.54, 1.807) is 0 Å². The monoisotopic (exact) mass is 295 g/mol. The maximum absolute atomic E-state index is 12.2. The Balaban J connectivity index is 1.56. The Bertz CT molecular complexity index is 639. The van der Waals surface area contributed by atoms with E-state index in [9.17, 15) is 4.79 Å². The van der Waals surface area contributed by atoms with Crippen molar-refractivity contribution < 1.29 is 9.53 Å². The molecule has 1 saturated heterocycles. The molecule has 1 atom stereocenters. The zero-order valence-electron chi connectivity index (χ0n) is 12.9. The summed E-state index contributed by atoms with van der Waals surface area (Å²) in [5, 5.41) is 0. The summed E-state index contributed by atoms with van der Waals surface area (Å²) in [4.78, 5) is 14.0. The molecular formula is C19H21NO2. The van der Waals surface area contributed by atoms with Crippen LogP contribution in [-0.4, -0.2) is 24.1 Å². The minimum Gasteiger partial charge on any atom is -0.445 e. The molecule has 0 radical (unpaired) electrons. The van der Waals surface area contributed by atoms with Crippen molar-refractivity contribution in [2.75, 3.05) is 13.1 Å². The molecule has 1 unspecified atom stereocenters. The number of nitrogens with zero attached hydrogens (tertiary/aromatic N) is 1. The van der Waals surface area contributed by atoms with E-state index in [4.69, 9.17) is 4.74 Å². The highest BCUT2D eigenvalue weighted by Gasteiger charge is 2.28. The van der Waals surface area contributed by atoms with E-state index in [-0.39, 0.29) is 6.09 Å². The highest BCUT2D eigenvalue weighted by Crippen LogP contribution is 2.29. The van der Waals surface area contributed by atoms with E-state index >= 15 is 0 Å². The molecule has 0 saturated carbocycles. The number of hydrogen-bond donors (Lipinski definition) is 0. The van der Waals surface area contributed by atoms with Crippen LogP contribution in [0.5, 0.6) is 0 Å². The molecule has 0 bridgehead atoms. The maximum atomic E-state index is 12.2. The second kappa shape index (κ2) is 6.65. The molecular weight excluding hydrogens is 274 g/mol. The third-order valence-corrected chi connectivity index (χ3v) is 4.28. The summed E-state index contributed by atoms with van der Waals surface area (Å²) in [5.74, 6) is 0.422. The van der Waals surface area contributed by atoms with Crippen LogP contribution in [0.2, 0.25) is 0 Å². The number of benzene rings is 2. The molecule has 0 aromatic heterocycles. The molecule has 1 fully saturated rings. The lowest BCUT2D eigenvalue weighted by atomic mass is 9.94. The number of hydrogen-bond acceptors (Lipinski definition) is 2. The predicted molar refractivity (Wildman–Crippen MR) is 86.7 cm³/mol. The van der Waals surface area contributed by atoms with Crippen molar-refractivity contribution in [1.82, 2.24) is 4.90 Å². The van der Waals surface area contributed by atoms with E-state index in [1.165, 1.54) is 11.1 Å². The molecule has 1 aliphatic rings. The quantitative estimate of drug-likeness (QED) is 0.852. The number of carbonyl (C=O) groups excluding carboxylic acids is 1. The van der Waals surface area contributed by atoms with Crippen LogP contribution in [0.3, 0.4) is 0 Å². The lowest BCUT2D eigenvalue weighted by molar-refractivity contribution is 0.104. The molecule has 114 valence electrons. The average Bonchev–Trinajstić information content (AvgIpc) is 3.04. The molecule has 1 amide bonds. The number of amides is 1. The van der Waals surface area contributed by atoms with Gasteiger partial charge in [-0.15, -0.1) is 0 Å². The number of rotatable bonds is 3. The van der Waals surface area contributed by atoms with Crippen molar-refractivity contribution in [3.05, 3.63) is 71.3 Å². The topological polar surface area (TPSA) is 29.5 Å². The van der Waals surface area contributed by atoms with Crippen molar-refractivity contribution in [2.24, 2.45) is 0 Å². The first-order valence-electron chi connectivity index (χ1n) is 7.75. The lowest BCUT2D eigenvalue weighted by Crippen LogP contribution is -2.29. The van der Waals surface area contributed by atoms with E-state index in [2.05, 4.69) is 31.2 Å². The van der Waals surface area contributed by atoms with Gasteiger partial charge in [0.25, 0.3) is 0 Å². The lowest BCUT2D eigenvalue weighted by Gasteiger charge is -2.17. The first kappa shape index (κ1) is 14.6. The normalized spacial score (nSPS) is 17.5. The molecule has 3 heteroatoms. The summed E-state index contributed by atoms with van der Waals surface area (Å²) in [5.41, 5.74) is 3.67. The van der Waals surface area contributed by atoms with Gasteiger partial charge in [-0.2, -0.15) is 0 Å². The Morgan fingerprint density at radius 2 is 1.86 bits per heavy atom. The third kappa shape index (κ3) is 3.30. The van der Waals surface area contributed by atoms with Gasteiger partial charge in [-0.05, 0) is 30.0 Å². The van der Waals surface area contributed by atoms with Crippen molar-refractivity contribution in [1.29, 1.82) is 0 Å². The zero-order valence-corrected chi connectivity index (χ0v) is 12.9. The smallest absolute Gasteiger partial charge is 0.410 e. The number of aryl methyl sites for hydroxylation is 1. The Hall–Kier alpha value is -2.29. The summed E-state index contributed by atoms with van der Waals surface area (Å²) >= 11 is 0. The molecule has 3 rings (SSSR count). The van der Waals surface area contributed by atoms with Crippen LogP contribution >= 0.6 is 0 Å². The highest BCUT2D eigenvalue weighted by molar-refractivity contribution is 5.68. The average molecular weight is 295 g/mol. The number of carbonyl (C=O) groups is 1. The van der Waals surface area contributed by atoms with Crippen molar-refractivity contribution >= 4 is 6.09 Å². The van der Waals surface area contributed by atoms with Gasteiger partial charge in [0, 0.05) is 19.0 Å². The Labute approximate surface area is 131 Å². The first-order valence-corrected chi connectivity index (χ1v) is 7.75. The molecule has 1 aliphatic heterocycles. The van der Waals surface area contributed by atoms with Gasteiger partial charge in [0.2, 0.25) is 0 Å². The van der Waals surface area contributed by atoms with Crippen molar-refractivity contribution in [2.45, 2.75) is 25.9 Å². The third-order valence-electron chi connectivity index (χ3n) is 4.28. The van der Waals surface area contributed by atoms with Gasteiger partial charge in [0.05, 0.1) is 0 Å². The molecule has 2 aromatic rings. The predicted octanol–water partition coefficient (Wildman–Crippen LogP) is 4.12. The van der Waals surface area contributed by atoms with E-state index < -0.39 is 0 Å². The van der Waals surface area contributed by atoms with E-state index in [1.807, 2.05) is 35.2 Å². The highest BCUT2D eigenvalue weighted by atomic mass is 16.6. The molecule has 2 aromatic carbocycles. The van der Waals surface area contributed by atoms with Gasteiger partial charge in [0.15, 0.2) is 0 Å². The van der Waals surface area contributed by atoms with E-state index in [0.717, 1.165) is 25.1 Å². The van der Waals surface area contributed by atoms with Crippen LogP contribution in [0.1, 0.15) is 29.0 Å². The van der Waals surface area contributed by atoms with Crippen molar-refractivity contribution in [3.8, 4) is 0 Å². The molecule has 22 heavy (non-hydrogen) atoms. The van der Waals surface area contributed by atoms with Gasteiger partial charge >= 0.3 is 6.09 Å². The summed E-state index contributed by atoms with van der Waals surface area (Å²) in [6.07, 6.45) is 0.797. The van der Waals surface area contributed by atoms with Crippen LogP contribution in [-0.2, 0) is 11.3 Å². The second-order valence-corrected chi connectivity index (χ2v) is 5.83. The second-order valence-electron chi connectivity index (χ2n) is 5.83. The summed E-state index contributed by atoms with van der Waals surface area (Å²) in [6.45, 7) is 3.99. The van der Waals surface area contributed by atoms with Gasteiger partial charge in [-0.1, -0.05) is 54.6 Å². The molecule has 3 nitrogen and oxygen atoms in total. The van der Waals surface area contributed by atoms with Crippen molar-refractivity contribution in [3.63, 3.8) is 0 Å². The minimum atomic E-state index is -0.208. The van der Waals surface area contributed by atoms with Crippen LogP contribution < -0.4 is 0 Å². The Morgan fingerprint density at radius 3 is 2.64 bits per heavy atom. The molecule has 0 aliphatic carbocycles. The Morgan fingerprint density at radius 1 is 1.14 bits per heavy atom. The zero-order chi connectivity index (χ0) is 15.4.